The number of aryl methyl sites for hydroxylation is 1. The summed E-state index contributed by atoms with van der Waals surface area (Å²) in [5, 5.41) is 0. The highest BCUT2D eigenvalue weighted by Crippen LogP contribution is 2.14. The maximum atomic E-state index is 12.8. The van der Waals surface area contributed by atoms with Gasteiger partial charge in [-0.05, 0) is 30.5 Å². The van der Waals surface area contributed by atoms with E-state index in [9.17, 15) is 4.79 Å². The summed E-state index contributed by atoms with van der Waals surface area (Å²) in [6, 6.07) is 11.9. The average Bonchev–Trinajstić information content (AvgIpc) is 3.26. The lowest BCUT2D eigenvalue weighted by atomic mass is 10.1. The molecule has 0 radical (unpaired) electrons. The minimum atomic E-state index is -0.103. The lowest BCUT2D eigenvalue weighted by molar-refractivity contribution is 0.0684. The van der Waals surface area contributed by atoms with Crippen LogP contribution < -0.4 is 0 Å². The van der Waals surface area contributed by atoms with Gasteiger partial charge in [0.2, 0.25) is 0 Å². The van der Waals surface area contributed by atoms with Gasteiger partial charge in [-0.25, -0.2) is 4.98 Å². The summed E-state index contributed by atoms with van der Waals surface area (Å²) < 4.78 is 7.39. The van der Waals surface area contributed by atoms with Crippen molar-refractivity contribution in [3.63, 3.8) is 0 Å². The van der Waals surface area contributed by atoms with Gasteiger partial charge < -0.3 is 13.9 Å². The third-order valence-corrected chi connectivity index (χ3v) is 4.17. The number of benzene rings is 1. The molecule has 0 spiro atoms. The number of carbonyl (C=O) groups excluding carboxylic acids is 1. The van der Waals surface area contributed by atoms with Gasteiger partial charge in [-0.1, -0.05) is 43.7 Å². The molecule has 5 nitrogen and oxygen atoms in total. The second-order valence-electron chi connectivity index (χ2n) is 7.02. The standard InChI is InChI=1S/C21H25N3O2/c1-16(2)13-24(21(25)19-8-5-11-26-19)15-20-22-9-10-23(20)14-18-7-4-6-17(3)12-18/h4-12,16H,13-15H2,1-3H3. The summed E-state index contributed by atoms with van der Waals surface area (Å²) in [7, 11) is 0. The molecule has 0 bridgehead atoms. The summed E-state index contributed by atoms with van der Waals surface area (Å²) in [4.78, 5) is 19.1. The van der Waals surface area contributed by atoms with E-state index >= 15 is 0 Å². The molecule has 0 unspecified atom stereocenters. The Hall–Kier alpha value is -2.82. The van der Waals surface area contributed by atoms with Gasteiger partial charge in [-0.3, -0.25) is 4.79 Å². The van der Waals surface area contributed by atoms with Crippen LogP contribution in [-0.4, -0.2) is 26.9 Å². The highest BCUT2D eigenvalue weighted by molar-refractivity contribution is 5.91. The van der Waals surface area contributed by atoms with Gasteiger partial charge in [-0.2, -0.15) is 0 Å². The molecule has 3 aromatic rings. The van der Waals surface area contributed by atoms with Gasteiger partial charge in [0.1, 0.15) is 5.82 Å². The van der Waals surface area contributed by atoms with E-state index in [0.717, 1.165) is 12.4 Å². The highest BCUT2D eigenvalue weighted by atomic mass is 16.3. The quantitative estimate of drug-likeness (QED) is 0.643. The van der Waals surface area contributed by atoms with Crippen molar-refractivity contribution in [2.24, 2.45) is 5.92 Å². The molecule has 2 heterocycles. The zero-order valence-electron chi connectivity index (χ0n) is 15.6. The number of hydrogen-bond donors (Lipinski definition) is 0. The smallest absolute Gasteiger partial charge is 0.289 e. The summed E-state index contributed by atoms with van der Waals surface area (Å²) in [5.41, 5.74) is 2.45. The Bertz CT molecular complexity index is 850. The number of imidazole rings is 1. The monoisotopic (exact) mass is 351 g/mol. The predicted octanol–water partition coefficient (Wildman–Crippen LogP) is 4.13. The minimum absolute atomic E-state index is 0.103. The summed E-state index contributed by atoms with van der Waals surface area (Å²) in [6.45, 7) is 8.13. The average molecular weight is 351 g/mol. The van der Waals surface area contributed by atoms with Gasteiger partial charge in [0.05, 0.1) is 12.8 Å². The van der Waals surface area contributed by atoms with E-state index in [0.29, 0.717) is 24.8 Å². The van der Waals surface area contributed by atoms with E-state index < -0.39 is 0 Å². The molecule has 1 aromatic carbocycles. The molecule has 0 saturated carbocycles. The molecule has 1 amide bonds. The molecule has 5 heteroatoms. The van der Waals surface area contributed by atoms with Crippen LogP contribution in [0.2, 0.25) is 0 Å². The number of carbonyl (C=O) groups is 1. The van der Waals surface area contributed by atoms with E-state index in [1.165, 1.54) is 17.4 Å². The fraction of sp³-hybridized carbons (Fsp3) is 0.333. The van der Waals surface area contributed by atoms with Crippen molar-refractivity contribution >= 4 is 5.91 Å². The lowest BCUT2D eigenvalue weighted by Gasteiger charge is -2.24. The van der Waals surface area contributed by atoms with Crippen molar-refractivity contribution < 1.29 is 9.21 Å². The van der Waals surface area contributed by atoms with Crippen molar-refractivity contribution in [2.45, 2.75) is 33.9 Å². The molecular formula is C21H25N3O2. The van der Waals surface area contributed by atoms with Crippen molar-refractivity contribution in [3.8, 4) is 0 Å². The van der Waals surface area contributed by atoms with Crippen LogP contribution in [0.4, 0.5) is 0 Å². The number of nitrogens with zero attached hydrogens (tertiary/aromatic N) is 3. The number of furan rings is 1. The van der Waals surface area contributed by atoms with Crippen LogP contribution in [0.1, 0.15) is 41.4 Å². The van der Waals surface area contributed by atoms with E-state index in [4.69, 9.17) is 4.42 Å². The molecule has 0 aliphatic rings. The largest absolute Gasteiger partial charge is 0.459 e. The Labute approximate surface area is 154 Å². The summed E-state index contributed by atoms with van der Waals surface area (Å²) in [6.07, 6.45) is 5.28. The molecule has 0 N–H and O–H groups in total. The molecule has 0 atom stereocenters. The van der Waals surface area contributed by atoms with Gasteiger partial charge in [0, 0.05) is 25.5 Å². The molecule has 0 aliphatic heterocycles. The normalized spacial score (nSPS) is 11.1. The van der Waals surface area contributed by atoms with Crippen LogP contribution in [0.25, 0.3) is 0 Å². The van der Waals surface area contributed by atoms with Crippen molar-refractivity contribution in [1.29, 1.82) is 0 Å². The zero-order chi connectivity index (χ0) is 18.5. The van der Waals surface area contributed by atoms with Crippen LogP contribution >= 0.6 is 0 Å². The first-order chi connectivity index (χ1) is 12.5. The van der Waals surface area contributed by atoms with Crippen molar-refractivity contribution in [3.05, 3.63) is 77.8 Å². The molecule has 2 aromatic heterocycles. The topological polar surface area (TPSA) is 51.3 Å². The first kappa shape index (κ1) is 18.0. The fourth-order valence-corrected chi connectivity index (χ4v) is 3.03. The van der Waals surface area contributed by atoms with Crippen LogP contribution in [0.3, 0.4) is 0 Å². The number of amides is 1. The Morgan fingerprint density at radius 3 is 2.81 bits per heavy atom. The van der Waals surface area contributed by atoms with E-state index in [1.54, 1.807) is 23.2 Å². The molecule has 136 valence electrons. The first-order valence-electron chi connectivity index (χ1n) is 8.91. The SMILES string of the molecule is Cc1cccc(Cn2ccnc2CN(CC(C)C)C(=O)c2ccco2)c1. The third kappa shape index (κ3) is 4.42. The van der Waals surface area contributed by atoms with Crippen LogP contribution in [0, 0.1) is 12.8 Å². The molecule has 0 saturated heterocycles. The predicted molar refractivity (Wildman–Crippen MR) is 101 cm³/mol. The Morgan fingerprint density at radius 2 is 2.12 bits per heavy atom. The molecule has 3 rings (SSSR count). The molecule has 0 aliphatic carbocycles. The highest BCUT2D eigenvalue weighted by Gasteiger charge is 2.21. The Morgan fingerprint density at radius 1 is 1.27 bits per heavy atom. The summed E-state index contributed by atoms with van der Waals surface area (Å²) in [5.74, 6) is 1.48. The molecule has 26 heavy (non-hydrogen) atoms. The number of hydrogen-bond acceptors (Lipinski definition) is 3. The third-order valence-electron chi connectivity index (χ3n) is 4.17. The van der Waals surface area contributed by atoms with Crippen LogP contribution in [0.5, 0.6) is 0 Å². The van der Waals surface area contributed by atoms with Gasteiger partial charge in [0.25, 0.3) is 5.91 Å². The summed E-state index contributed by atoms with van der Waals surface area (Å²) >= 11 is 0. The van der Waals surface area contributed by atoms with E-state index in [-0.39, 0.29) is 5.91 Å². The van der Waals surface area contributed by atoms with E-state index in [1.807, 2.05) is 6.20 Å². The second-order valence-corrected chi connectivity index (χ2v) is 7.02. The Kier molecular flexibility index (Phi) is 5.56. The van der Waals surface area contributed by atoms with Gasteiger partial charge >= 0.3 is 0 Å². The maximum Gasteiger partial charge on any atom is 0.289 e. The Balaban J connectivity index is 1.79. The number of aromatic nitrogens is 2. The minimum Gasteiger partial charge on any atom is -0.459 e. The molecule has 0 fully saturated rings. The van der Waals surface area contributed by atoms with Crippen molar-refractivity contribution in [2.75, 3.05) is 6.54 Å². The zero-order valence-corrected chi connectivity index (χ0v) is 15.6. The van der Waals surface area contributed by atoms with Crippen molar-refractivity contribution in [1.82, 2.24) is 14.5 Å². The first-order valence-corrected chi connectivity index (χ1v) is 8.91. The van der Waals surface area contributed by atoms with Gasteiger partial charge in [0.15, 0.2) is 5.76 Å². The van der Waals surface area contributed by atoms with E-state index in [2.05, 4.69) is 54.6 Å². The number of rotatable bonds is 7. The fourth-order valence-electron chi connectivity index (χ4n) is 3.03. The molecular weight excluding hydrogens is 326 g/mol. The van der Waals surface area contributed by atoms with Crippen LogP contribution in [-0.2, 0) is 13.1 Å². The lowest BCUT2D eigenvalue weighted by Crippen LogP contribution is -2.34. The van der Waals surface area contributed by atoms with Crippen LogP contribution in [0.15, 0.2) is 59.5 Å². The maximum absolute atomic E-state index is 12.8. The second kappa shape index (κ2) is 8.04. The van der Waals surface area contributed by atoms with Gasteiger partial charge in [-0.15, -0.1) is 0 Å².